The topological polar surface area (TPSA) is 12.0 Å². The van der Waals surface area contributed by atoms with Gasteiger partial charge in [0.05, 0.1) is 11.4 Å². The van der Waals surface area contributed by atoms with Crippen LogP contribution in [0, 0.1) is 0 Å². The van der Waals surface area contributed by atoms with E-state index in [0.717, 1.165) is 0 Å². The Labute approximate surface area is 157 Å². The molecular weight excluding hydrogens is 334 g/mol. The van der Waals surface area contributed by atoms with Gasteiger partial charge in [-0.2, -0.15) is 0 Å². The molecule has 0 fully saturated rings. The Balaban J connectivity index is 1.69. The molecule has 5 rings (SSSR count). The van der Waals surface area contributed by atoms with E-state index in [9.17, 15) is 0 Å². The van der Waals surface area contributed by atoms with Crippen molar-refractivity contribution in [3.05, 3.63) is 97.1 Å². The second-order valence-corrected chi connectivity index (χ2v) is 7.40. The van der Waals surface area contributed by atoms with Crippen LogP contribution in [0.15, 0.2) is 107 Å². The zero-order chi connectivity index (χ0) is 17.3. The maximum atomic E-state index is 3.67. The van der Waals surface area contributed by atoms with Gasteiger partial charge in [0, 0.05) is 15.4 Å². The minimum atomic E-state index is 1.18. The van der Waals surface area contributed by atoms with Crippen LogP contribution in [-0.4, -0.2) is 0 Å². The zero-order valence-electron chi connectivity index (χ0n) is 14.1. The molecule has 0 aliphatic carbocycles. The predicted octanol–water partition coefficient (Wildman–Crippen LogP) is 7.23. The summed E-state index contributed by atoms with van der Waals surface area (Å²) >= 11 is 1.83. The molecule has 1 aliphatic heterocycles. The zero-order valence-corrected chi connectivity index (χ0v) is 15.0. The van der Waals surface area contributed by atoms with Crippen molar-refractivity contribution in [2.45, 2.75) is 9.79 Å². The second kappa shape index (κ2) is 6.40. The first-order valence-corrected chi connectivity index (χ1v) is 9.53. The van der Waals surface area contributed by atoms with Crippen LogP contribution in [0.5, 0.6) is 0 Å². The summed E-state index contributed by atoms with van der Waals surface area (Å²) in [4.78, 5) is 2.54. The number of hydrogen-bond acceptors (Lipinski definition) is 2. The van der Waals surface area contributed by atoms with Crippen molar-refractivity contribution in [2.24, 2.45) is 0 Å². The monoisotopic (exact) mass is 351 g/mol. The Hall–Kier alpha value is -2.97. The summed E-state index contributed by atoms with van der Waals surface area (Å²) in [5.74, 6) is 0. The molecule has 2 heteroatoms. The van der Waals surface area contributed by atoms with E-state index in [-0.39, 0.29) is 0 Å². The summed E-state index contributed by atoms with van der Waals surface area (Å²) in [6.07, 6.45) is 0. The SMILES string of the molecule is c1ccc(-c2ccccc2-c2cccc3c2Nc2ccccc2S3)cc1. The van der Waals surface area contributed by atoms with Crippen molar-refractivity contribution in [1.29, 1.82) is 0 Å². The molecule has 0 spiro atoms. The van der Waals surface area contributed by atoms with Gasteiger partial charge >= 0.3 is 0 Å². The summed E-state index contributed by atoms with van der Waals surface area (Å²) < 4.78 is 0. The second-order valence-electron chi connectivity index (χ2n) is 6.31. The Morgan fingerprint density at radius 3 is 2.04 bits per heavy atom. The predicted molar refractivity (Wildman–Crippen MR) is 111 cm³/mol. The molecule has 124 valence electrons. The van der Waals surface area contributed by atoms with Gasteiger partial charge in [-0.3, -0.25) is 0 Å². The average Bonchev–Trinajstić information content (AvgIpc) is 2.72. The molecule has 0 amide bonds. The van der Waals surface area contributed by atoms with E-state index in [0.29, 0.717) is 0 Å². The van der Waals surface area contributed by atoms with Crippen molar-refractivity contribution in [1.82, 2.24) is 0 Å². The van der Waals surface area contributed by atoms with Crippen molar-refractivity contribution in [3.63, 3.8) is 0 Å². The lowest BCUT2D eigenvalue weighted by molar-refractivity contribution is 1.31. The molecule has 0 saturated carbocycles. The Kier molecular flexibility index (Phi) is 3.76. The number of benzene rings is 4. The molecule has 1 heterocycles. The van der Waals surface area contributed by atoms with Gasteiger partial charge in [-0.05, 0) is 34.9 Å². The summed E-state index contributed by atoms with van der Waals surface area (Å²) in [5, 5.41) is 3.67. The largest absolute Gasteiger partial charge is 0.353 e. The van der Waals surface area contributed by atoms with Crippen molar-refractivity contribution < 1.29 is 0 Å². The van der Waals surface area contributed by atoms with Crippen molar-refractivity contribution in [2.75, 3.05) is 5.32 Å². The standard InChI is InChI=1S/C24H17NS/c1-2-9-17(10-3-1)18-11-4-5-12-19(18)20-13-8-16-23-24(20)25-21-14-6-7-15-22(21)26-23/h1-16,25H. The fourth-order valence-corrected chi connectivity index (χ4v) is 4.49. The number of anilines is 2. The maximum Gasteiger partial charge on any atom is 0.0606 e. The molecule has 26 heavy (non-hydrogen) atoms. The average molecular weight is 351 g/mol. The highest BCUT2D eigenvalue weighted by Crippen LogP contribution is 2.48. The highest BCUT2D eigenvalue weighted by molar-refractivity contribution is 7.99. The first-order chi connectivity index (χ1) is 12.9. The van der Waals surface area contributed by atoms with Crippen LogP contribution in [0.1, 0.15) is 0 Å². The number of para-hydroxylation sites is 2. The van der Waals surface area contributed by atoms with E-state index in [1.165, 1.54) is 43.4 Å². The van der Waals surface area contributed by atoms with E-state index in [2.05, 4.69) is 102 Å². The molecule has 0 aromatic heterocycles. The van der Waals surface area contributed by atoms with Crippen molar-refractivity contribution in [3.8, 4) is 22.3 Å². The lowest BCUT2D eigenvalue weighted by atomic mass is 9.93. The number of nitrogens with one attached hydrogen (secondary N) is 1. The summed E-state index contributed by atoms with van der Waals surface area (Å²) in [7, 11) is 0. The number of fused-ring (bicyclic) bond motifs is 2. The molecule has 4 aromatic carbocycles. The number of rotatable bonds is 2. The third-order valence-electron chi connectivity index (χ3n) is 4.69. The van der Waals surface area contributed by atoms with Crippen LogP contribution < -0.4 is 5.32 Å². The molecule has 1 aliphatic rings. The van der Waals surface area contributed by atoms with E-state index in [1.807, 2.05) is 11.8 Å². The molecule has 0 radical (unpaired) electrons. The Morgan fingerprint density at radius 1 is 0.500 bits per heavy atom. The van der Waals surface area contributed by atoms with Gasteiger partial charge in [0.25, 0.3) is 0 Å². The molecule has 0 bridgehead atoms. The van der Waals surface area contributed by atoms with Crippen LogP contribution >= 0.6 is 11.8 Å². The highest BCUT2D eigenvalue weighted by atomic mass is 32.2. The normalized spacial score (nSPS) is 12.0. The van der Waals surface area contributed by atoms with E-state index in [1.54, 1.807) is 0 Å². The van der Waals surface area contributed by atoms with Gasteiger partial charge in [0.2, 0.25) is 0 Å². The molecule has 4 aromatic rings. The molecule has 0 atom stereocenters. The first kappa shape index (κ1) is 15.3. The van der Waals surface area contributed by atoms with Gasteiger partial charge in [0.1, 0.15) is 0 Å². The van der Waals surface area contributed by atoms with Crippen LogP contribution in [0.3, 0.4) is 0 Å². The van der Waals surface area contributed by atoms with E-state index >= 15 is 0 Å². The van der Waals surface area contributed by atoms with E-state index < -0.39 is 0 Å². The minimum absolute atomic E-state index is 1.18. The van der Waals surface area contributed by atoms with Crippen molar-refractivity contribution >= 4 is 23.1 Å². The molecule has 0 saturated heterocycles. The Bertz CT molecular complexity index is 1090. The van der Waals surface area contributed by atoms with Gasteiger partial charge in [0.15, 0.2) is 0 Å². The van der Waals surface area contributed by atoms with Gasteiger partial charge in [-0.1, -0.05) is 90.6 Å². The summed E-state index contributed by atoms with van der Waals surface area (Å²) in [6.45, 7) is 0. The third kappa shape index (κ3) is 2.59. The quantitative estimate of drug-likeness (QED) is 0.360. The molecule has 0 unspecified atom stereocenters. The maximum absolute atomic E-state index is 3.67. The smallest absolute Gasteiger partial charge is 0.0606 e. The first-order valence-electron chi connectivity index (χ1n) is 8.72. The minimum Gasteiger partial charge on any atom is -0.353 e. The summed E-state index contributed by atoms with van der Waals surface area (Å²) in [5.41, 5.74) is 7.36. The van der Waals surface area contributed by atoms with Crippen LogP contribution in [0.4, 0.5) is 11.4 Å². The van der Waals surface area contributed by atoms with E-state index in [4.69, 9.17) is 0 Å². The molecule has 1 N–H and O–H groups in total. The van der Waals surface area contributed by atoms with Gasteiger partial charge in [-0.25, -0.2) is 0 Å². The van der Waals surface area contributed by atoms with Gasteiger partial charge in [-0.15, -0.1) is 0 Å². The third-order valence-corrected chi connectivity index (χ3v) is 5.83. The van der Waals surface area contributed by atoms with Gasteiger partial charge < -0.3 is 5.32 Å². The molecular formula is C24H17NS. The Morgan fingerprint density at radius 2 is 1.15 bits per heavy atom. The fourth-order valence-electron chi connectivity index (χ4n) is 3.47. The lowest BCUT2D eigenvalue weighted by Gasteiger charge is -2.24. The number of hydrogen-bond donors (Lipinski definition) is 1. The fraction of sp³-hybridized carbons (Fsp3) is 0. The van der Waals surface area contributed by atoms with Crippen LogP contribution in [0.25, 0.3) is 22.3 Å². The van der Waals surface area contributed by atoms with Crippen LogP contribution in [-0.2, 0) is 0 Å². The van der Waals surface area contributed by atoms with Crippen LogP contribution in [0.2, 0.25) is 0 Å². The highest BCUT2D eigenvalue weighted by Gasteiger charge is 2.20. The molecule has 1 nitrogen and oxygen atoms in total. The summed E-state index contributed by atoms with van der Waals surface area (Å²) in [6, 6.07) is 34.3. The lowest BCUT2D eigenvalue weighted by Crippen LogP contribution is -2.01.